The van der Waals surface area contributed by atoms with Crippen molar-refractivity contribution in [3.05, 3.63) is 57.9 Å². The van der Waals surface area contributed by atoms with Crippen LogP contribution in [0.1, 0.15) is 6.04 Å². The predicted molar refractivity (Wildman–Crippen MR) is 117 cm³/mol. The Morgan fingerprint density at radius 2 is 1.87 bits per heavy atom. The second-order valence-electron chi connectivity index (χ2n) is 6.87. The summed E-state index contributed by atoms with van der Waals surface area (Å²) in [6.07, 6.45) is 1.32. The van der Waals surface area contributed by atoms with Crippen LogP contribution in [0.4, 0.5) is 0 Å². The van der Waals surface area contributed by atoms with E-state index >= 15 is 0 Å². The Morgan fingerprint density at radius 3 is 2.58 bits per heavy atom. The number of ether oxygens (including phenoxy) is 1. The van der Waals surface area contributed by atoms with Gasteiger partial charge in [-0.1, -0.05) is 51.8 Å². The fourth-order valence-corrected chi connectivity index (χ4v) is 4.90. The summed E-state index contributed by atoms with van der Waals surface area (Å²) in [5.41, 5.74) is 0.286. The second kappa shape index (κ2) is 9.60. The molecular formula is C19H17Cl3N4O4S. The van der Waals surface area contributed by atoms with E-state index < -0.39 is 36.4 Å². The van der Waals surface area contributed by atoms with E-state index in [2.05, 4.69) is 15.3 Å². The van der Waals surface area contributed by atoms with Gasteiger partial charge in [0.2, 0.25) is 0 Å². The Hall–Kier alpha value is -1.43. The van der Waals surface area contributed by atoms with E-state index in [1.54, 1.807) is 36.7 Å². The summed E-state index contributed by atoms with van der Waals surface area (Å²) in [6.45, 7) is -0.442. The first kappa shape index (κ1) is 22.8. The molecule has 5 unspecified atom stereocenters. The average molecular weight is 504 g/mol. The maximum Gasteiger partial charge on any atom is 0.136 e. The molecule has 5 atom stereocenters. The first-order valence-electron chi connectivity index (χ1n) is 9.14. The van der Waals surface area contributed by atoms with Crippen LogP contribution >= 0.6 is 46.6 Å². The van der Waals surface area contributed by atoms with Gasteiger partial charge in [-0.2, -0.15) is 0 Å². The molecule has 1 fully saturated rings. The van der Waals surface area contributed by atoms with Crippen molar-refractivity contribution in [3.63, 3.8) is 0 Å². The standard InChI is InChI=1S/C19H17Cl3N4O4S/c20-10-3-9(5-23-6-10)14-7-26(25-24-14)16-17(28)15(8-27)30-19(18(16)29)31-11-1-2-12(21)13(22)4-11/h1-7,15-19,27-29H,8H2. The number of thioether (sulfide) groups is 1. The Kier molecular flexibility index (Phi) is 7.04. The van der Waals surface area contributed by atoms with Gasteiger partial charge in [-0.15, -0.1) is 5.10 Å². The lowest BCUT2D eigenvalue weighted by atomic mass is 9.97. The number of hydrogen-bond acceptors (Lipinski definition) is 8. The molecule has 1 saturated heterocycles. The smallest absolute Gasteiger partial charge is 0.136 e. The highest BCUT2D eigenvalue weighted by molar-refractivity contribution is 7.99. The lowest BCUT2D eigenvalue weighted by Gasteiger charge is -2.41. The molecule has 8 nitrogen and oxygen atoms in total. The van der Waals surface area contributed by atoms with E-state index in [9.17, 15) is 15.3 Å². The van der Waals surface area contributed by atoms with Crippen molar-refractivity contribution in [2.24, 2.45) is 0 Å². The minimum atomic E-state index is -1.22. The van der Waals surface area contributed by atoms with Gasteiger partial charge in [0.1, 0.15) is 35.5 Å². The summed E-state index contributed by atoms with van der Waals surface area (Å²) in [6, 6.07) is 5.79. The zero-order valence-corrected chi connectivity index (χ0v) is 18.8. The Bertz CT molecular complexity index is 1070. The molecule has 3 aromatic rings. The number of aromatic nitrogens is 4. The fourth-order valence-electron chi connectivity index (χ4n) is 3.27. The molecular weight excluding hydrogens is 487 g/mol. The van der Waals surface area contributed by atoms with Crippen LogP contribution in [0.2, 0.25) is 15.1 Å². The molecule has 0 aliphatic carbocycles. The normalized spacial score (nSPS) is 26.2. The molecule has 1 aliphatic heterocycles. The van der Waals surface area contributed by atoms with Crippen molar-refractivity contribution in [2.75, 3.05) is 6.61 Å². The molecule has 1 aliphatic rings. The molecule has 0 saturated carbocycles. The van der Waals surface area contributed by atoms with Gasteiger partial charge in [0.25, 0.3) is 0 Å². The maximum atomic E-state index is 11.0. The molecule has 0 amide bonds. The largest absolute Gasteiger partial charge is 0.394 e. The Morgan fingerprint density at radius 1 is 1.06 bits per heavy atom. The quantitative estimate of drug-likeness (QED) is 0.487. The predicted octanol–water partition coefficient (Wildman–Crippen LogP) is 3.07. The van der Waals surface area contributed by atoms with Gasteiger partial charge < -0.3 is 20.1 Å². The molecule has 3 N–H and O–H groups in total. The topological polar surface area (TPSA) is 114 Å². The van der Waals surface area contributed by atoms with Gasteiger partial charge >= 0.3 is 0 Å². The SMILES string of the molecule is OCC1OC(Sc2ccc(Cl)c(Cl)c2)C(O)C(n2cc(-c3cncc(Cl)c3)nn2)C1O. The lowest BCUT2D eigenvalue weighted by Crippen LogP contribution is -2.55. The van der Waals surface area contributed by atoms with E-state index in [1.807, 2.05) is 0 Å². The molecule has 0 spiro atoms. The Labute approximate surface area is 196 Å². The van der Waals surface area contributed by atoms with Crippen molar-refractivity contribution in [1.29, 1.82) is 0 Å². The minimum Gasteiger partial charge on any atom is -0.394 e. The molecule has 3 heterocycles. The van der Waals surface area contributed by atoms with Crippen LogP contribution in [0.3, 0.4) is 0 Å². The highest BCUT2D eigenvalue weighted by Gasteiger charge is 2.46. The van der Waals surface area contributed by atoms with Gasteiger partial charge in [0, 0.05) is 22.9 Å². The molecule has 0 radical (unpaired) electrons. The van der Waals surface area contributed by atoms with Gasteiger partial charge in [0.15, 0.2) is 0 Å². The molecule has 164 valence electrons. The van der Waals surface area contributed by atoms with Crippen LogP contribution in [0.25, 0.3) is 11.3 Å². The number of aliphatic hydroxyl groups is 3. The number of nitrogens with zero attached hydrogens (tertiary/aromatic N) is 4. The van der Waals surface area contributed by atoms with E-state index in [0.29, 0.717) is 31.2 Å². The first-order valence-corrected chi connectivity index (χ1v) is 11.2. The van der Waals surface area contributed by atoms with Gasteiger partial charge in [-0.25, -0.2) is 4.68 Å². The number of aliphatic hydroxyl groups excluding tert-OH is 3. The number of halogens is 3. The molecule has 2 aromatic heterocycles. The van der Waals surface area contributed by atoms with Crippen LogP contribution in [-0.2, 0) is 4.74 Å². The van der Waals surface area contributed by atoms with E-state index in [-0.39, 0.29) is 0 Å². The maximum absolute atomic E-state index is 11.0. The van der Waals surface area contributed by atoms with Crippen LogP contribution in [0.15, 0.2) is 47.8 Å². The number of pyridine rings is 1. The number of benzene rings is 1. The summed E-state index contributed by atoms with van der Waals surface area (Å²) in [5.74, 6) is 0. The second-order valence-corrected chi connectivity index (χ2v) is 9.29. The summed E-state index contributed by atoms with van der Waals surface area (Å²) in [4.78, 5) is 4.73. The fraction of sp³-hybridized carbons (Fsp3) is 0.316. The van der Waals surface area contributed by atoms with E-state index in [1.165, 1.54) is 22.6 Å². The van der Waals surface area contributed by atoms with Crippen molar-refractivity contribution < 1.29 is 20.1 Å². The summed E-state index contributed by atoms with van der Waals surface area (Å²) in [7, 11) is 0. The van der Waals surface area contributed by atoms with Crippen LogP contribution in [0, 0.1) is 0 Å². The number of hydrogen-bond donors (Lipinski definition) is 3. The lowest BCUT2D eigenvalue weighted by molar-refractivity contribution is -0.178. The zero-order valence-electron chi connectivity index (χ0n) is 15.7. The number of rotatable bonds is 5. The van der Waals surface area contributed by atoms with E-state index in [0.717, 1.165) is 0 Å². The van der Waals surface area contributed by atoms with Crippen LogP contribution in [0.5, 0.6) is 0 Å². The highest BCUT2D eigenvalue weighted by atomic mass is 35.5. The molecule has 1 aromatic carbocycles. The van der Waals surface area contributed by atoms with Crippen molar-refractivity contribution in [3.8, 4) is 11.3 Å². The highest BCUT2D eigenvalue weighted by Crippen LogP contribution is 2.39. The molecule has 4 rings (SSSR count). The summed E-state index contributed by atoms with van der Waals surface area (Å²) >= 11 is 19.2. The third-order valence-electron chi connectivity index (χ3n) is 4.81. The third kappa shape index (κ3) is 4.84. The van der Waals surface area contributed by atoms with E-state index in [4.69, 9.17) is 39.5 Å². The van der Waals surface area contributed by atoms with Gasteiger partial charge in [-0.05, 0) is 24.3 Å². The van der Waals surface area contributed by atoms with Crippen LogP contribution < -0.4 is 0 Å². The minimum absolute atomic E-state index is 0.364. The Balaban J connectivity index is 1.62. The van der Waals surface area contributed by atoms with Gasteiger partial charge in [0.05, 0.1) is 27.9 Å². The monoisotopic (exact) mass is 502 g/mol. The van der Waals surface area contributed by atoms with Crippen LogP contribution in [-0.4, -0.2) is 65.7 Å². The van der Waals surface area contributed by atoms with Crippen molar-refractivity contribution in [1.82, 2.24) is 20.0 Å². The molecule has 0 bridgehead atoms. The summed E-state index contributed by atoms with van der Waals surface area (Å²) in [5, 5.41) is 40.8. The molecule has 31 heavy (non-hydrogen) atoms. The zero-order chi connectivity index (χ0) is 22.1. The van der Waals surface area contributed by atoms with Crippen molar-refractivity contribution >= 4 is 46.6 Å². The van der Waals surface area contributed by atoms with Crippen molar-refractivity contribution in [2.45, 2.75) is 34.7 Å². The molecule has 12 heteroatoms. The average Bonchev–Trinajstić information content (AvgIpc) is 3.22. The third-order valence-corrected chi connectivity index (χ3v) is 6.90. The first-order chi connectivity index (χ1) is 14.9. The van der Waals surface area contributed by atoms with Gasteiger partial charge in [-0.3, -0.25) is 4.98 Å². The summed E-state index contributed by atoms with van der Waals surface area (Å²) < 4.78 is 7.10.